The van der Waals surface area contributed by atoms with Gasteiger partial charge in [-0.05, 0) is 45.8 Å². The molecule has 1 aliphatic heterocycles. The second kappa shape index (κ2) is 6.95. The van der Waals surface area contributed by atoms with Crippen LogP contribution in [-0.2, 0) is 11.3 Å². The van der Waals surface area contributed by atoms with Crippen LogP contribution in [0.25, 0.3) is 11.7 Å². The van der Waals surface area contributed by atoms with Crippen molar-refractivity contribution >= 4 is 21.8 Å². The van der Waals surface area contributed by atoms with Gasteiger partial charge < -0.3 is 18.6 Å². The first-order chi connectivity index (χ1) is 12.6. The first kappa shape index (κ1) is 16.8. The molecule has 4 rings (SSSR count). The summed E-state index contributed by atoms with van der Waals surface area (Å²) >= 11 is 3.24. The summed E-state index contributed by atoms with van der Waals surface area (Å²) in [6.07, 6.45) is 0.366. The topological polar surface area (TPSA) is 81.6 Å². The van der Waals surface area contributed by atoms with Crippen LogP contribution in [0, 0.1) is 0 Å². The summed E-state index contributed by atoms with van der Waals surface area (Å²) in [4.78, 5) is 18.6. The van der Waals surface area contributed by atoms with Gasteiger partial charge in [-0.25, -0.2) is 0 Å². The van der Waals surface area contributed by atoms with E-state index in [0.717, 1.165) is 11.3 Å². The van der Waals surface area contributed by atoms with Gasteiger partial charge in [-0.1, -0.05) is 17.3 Å². The van der Waals surface area contributed by atoms with Crippen LogP contribution in [0.1, 0.15) is 23.7 Å². The standard InChI is InChI=1S/C18H16BrN3O4/c1-24-13-4-2-3-11(7-13)9-22-10-12(8-16(22)23)17-20-18(26-21-17)14-5-6-15(19)25-14/h2-7,12H,8-10H2,1H3. The molecule has 0 radical (unpaired) electrons. The van der Waals surface area contributed by atoms with Gasteiger partial charge in [0.25, 0.3) is 5.89 Å². The molecule has 3 heterocycles. The molecule has 0 saturated carbocycles. The number of benzene rings is 1. The van der Waals surface area contributed by atoms with E-state index in [-0.39, 0.29) is 11.8 Å². The SMILES string of the molecule is COc1cccc(CN2CC(c3noc(-c4ccc(Br)o4)n3)CC2=O)c1. The Bertz CT molecular complexity index is 936. The number of aromatic nitrogens is 2. The van der Waals surface area contributed by atoms with E-state index in [1.54, 1.807) is 24.1 Å². The summed E-state index contributed by atoms with van der Waals surface area (Å²) in [7, 11) is 1.63. The number of hydrogen-bond acceptors (Lipinski definition) is 6. The number of methoxy groups -OCH3 is 1. The molecule has 1 amide bonds. The lowest BCUT2D eigenvalue weighted by molar-refractivity contribution is -0.128. The molecule has 3 aromatic rings. The van der Waals surface area contributed by atoms with Crippen molar-refractivity contribution in [2.45, 2.75) is 18.9 Å². The molecule has 1 fully saturated rings. The van der Waals surface area contributed by atoms with Gasteiger partial charge >= 0.3 is 0 Å². The van der Waals surface area contributed by atoms with Crippen molar-refractivity contribution < 1.29 is 18.5 Å². The molecule has 8 heteroatoms. The van der Waals surface area contributed by atoms with Crippen molar-refractivity contribution in [3.63, 3.8) is 0 Å². The van der Waals surface area contributed by atoms with E-state index in [4.69, 9.17) is 13.7 Å². The van der Waals surface area contributed by atoms with Crippen LogP contribution in [0.5, 0.6) is 5.75 Å². The summed E-state index contributed by atoms with van der Waals surface area (Å²) < 4.78 is 16.5. The summed E-state index contributed by atoms with van der Waals surface area (Å²) in [5.41, 5.74) is 1.02. The van der Waals surface area contributed by atoms with Crippen molar-refractivity contribution in [2.24, 2.45) is 0 Å². The first-order valence-electron chi connectivity index (χ1n) is 8.12. The van der Waals surface area contributed by atoms with Crippen molar-refractivity contribution in [3.8, 4) is 17.4 Å². The number of amides is 1. The predicted molar refractivity (Wildman–Crippen MR) is 95.5 cm³/mol. The molecule has 1 aromatic carbocycles. The first-order valence-corrected chi connectivity index (χ1v) is 8.91. The van der Waals surface area contributed by atoms with Crippen LogP contribution in [0.3, 0.4) is 0 Å². The quantitative estimate of drug-likeness (QED) is 0.630. The van der Waals surface area contributed by atoms with Crippen molar-refractivity contribution in [1.82, 2.24) is 15.0 Å². The Labute approximate surface area is 158 Å². The lowest BCUT2D eigenvalue weighted by atomic mass is 10.1. The number of carbonyl (C=O) groups is 1. The third kappa shape index (κ3) is 3.37. The minimum atomic E-state index is -0.0935. The second-order valence-electron chi connectivity index (χ2n) is 6.09. The number of furan rings is 1. The molecule has 134 valence electrons. The number of carbonyl (C=O) groups excluding carboxylic acids is 1. The van der Waals surface area contributed by atoms with Gasteiger partial charge in [-0.2, -0.15) is 4.98 Å². The molecule has 7 nitrogen and oxygen atoms in total. The fourth-order valence-electron chi connectivity index (χ4n) is 3.02. The van der Waals surface area contributed by atoms with Crippen LogP contribution >= 0.6 is 15.9 Å². The number of ether oxygens (including phenoxy) is 1. The van der Waals surface area contributed by atoms with E-state index < -0.39 is 0 Å². The minimum Gasteiger partial charge on any atom is -0.497 e. The fraction of sp³-hybridized carbons (Fsp3) is 0.278. The summed E-state index contributed by atoms with van der Waals surface area (Å²) in [5.74, 6) is 2.08. The third-order valence-corrected chi connectivity index (χ3v) is 4.74. The summed E-state index contributed by atoms with van der Waals surface area (Å²) in [6, 6.07) is 11.2. The Balaban J connectivity index is 1.47. The molecule has 1 atom stereocenters. The Morgan fingerprint density at radius 3 is 3.00 bits per heavy atom. The van der Waals surface area contributed by atoms with E-state index in [0.29, 0.717) is 41.7 Å². The van der Waals surface area contributed by atoms with Gasteiger partial charge in [0.2, 0.25) is 5.91 Å². The molecule has 2 aromatic heterocycles. The monoisotopic (exact) mass is 417 g/mol. The molecule has 1 aliphatic rings. The highest BCUT2D eigenvalue weighted by Crippen LogP contribution is 2.30. The molecular weight excluding hydrogens is 402 g/mol. The Morgan fingerprint density at radius 1 is 1.35 bits per heavy atom. The highest BCUT2D eigenvalue weighted by Gasteiger charge is 2.34. The Morgan fingerprint density at radius 2 is 2.23 bits per heavy atom. The normalized spacial score (nSPS) is 17.1. The second-order valence-corrected chi connectivity index (χ2v) is 6.87. The Hall–Kier alpha value is -2.61. The van der Waals surface area contributed by atoms with Crippen molar-refractivity contribution in [2.75, 3.05) is 13.7 Å². The zero-order chi connectivity index (χ0) is 18.1. The largest absolute Gasteiger partial charge is 0.497 e. The molecule has 0 N–H and O–H groups in total. The van der Waals surface area contributed by atoms with Gasteiger partial charge in [0.05, 0.1) is 7.11 Å². The Kier molecular flexibility index (Phi) is 4.50. The van der Waals surface area contributed by atoms with E-state index >= 15 is 0 Å². The van der Waals surface area contributed by atoms with Crippen LogP contribution in [0.4, 0.5) is 0 Å². The maximum Gasteiger partial charge on any atom is 0.293 e. The van der Waals surface area contributed by atoms with Crippen molar-refractivity contribution in [3.05, 3.63) is 52.5 Å². The number of hydrogen-bond donors (Lipinski definition) is 0. The molecule has 0 spiro atoms. The van der Waals surface area contributed by atoms with E-state index in [2.05, 4.69) is 26.1 Å². The smallest absolute Gasteiger partial charge is 0.293 e. The molecule has 1 unspecified atom stereocenters. The van der Waals surface area contributed by atoms with Crippen LogP contribution < -0.4 is 4.74 Å². The number of rotatable bonds is 5. The molecule has 1 saturated heterocycles. The van der Waals surface area contributed by atoms with Gasteiger partial charge in [-0.15, -0.1) is 0 Å². The molecule has 0 aliphatic carbocycles. The van der Waals surface area contributed by atoms with Gasteiger partial charge in [0.1, 0.15) is 5.75 Å². The van der Waals surface area contributed by atoms with Crippen molar-refractivity contribution in [1.29, 1.82) is 0 Å². The van der Waals surface area contributed by atoms with E-state index in [1.807, 2.05) is 24.3 Å². The minimum absolute atomic E-state index is 0.0740. The van der Waals surface area contributed by atoms with Crippen LogP contribution in [0.15, 0.2) is 50.0 Å². The molecular formula is C18H16BrN3O4. The zero-order valence-corrected chi connectivity index (χ0v) is 15.6. The summed E-state index contributed by atoms with van der Waals surface area (Å²) in [6.45, 7) is 1.08. The lowest BCUT2D eigenvalue weighted by Crippen LogP contribution is -2.24. The molecule has 26 heavy (non-hydrogen) atoms. The number of likely N-dealkylation sites (tertiary alicyclic amines) is 1. The zero-order valence-electron chi connectivity index (χ0n) is 14.0. The average molecular weight is 418 g/mol. The van der Waals surface area contributed by atoms with E-state index in [1.165, 1.54) is 0 Å². The predicted octanol–water partition coefficient (Wildman–Crippen LogP) is 3.62. The highest BCUT2D eigenvalue weighted by atomic mass is 79.9. The van der Waals surface area contributed by atoms with Crippen LogP contribution in [-0.4, -0.2) is 34.6 Å². The maximum atomic E-state index is 12.4. The van der Waals surface area contributed by atoms with Gasteiger partial charge in [-0.3, -0.25) is 4.79 Å². The van der Waals surface area contributed by atoms with Gasteiger partial charge in [0.15, 0.2) is 16.3 Å². The number of nitrogens with zero attached hydrogens (tertiary/aromatic N) is 3. The number of halogens is 1. The van der Waals surface area contributed by atoms with E-state index in [9.17, 15) is 4.79 Å². The fourth-order valence-corrected chi connectivity index (χ4v) is 3.33. The van der Waals surface area contributed by atoms with Gasteiger partial charge in [0, 0.05) is 25.4 Å². The highest BCUT2D eigenvalue weighted by molar-refractivity contribution is 9.10. The third-order valence-electron chi connectivity index (χ3n) is 4.31. The molecule has 0 bridgehead atoms. The van der Waals surface area contributed by atoms with Crippen LogP contribution in [0.2, 0.25) is 0 Å². The summed E-state index contributed by atoms with van der Waals surface area (Å²) in [5, 5.41) is 4.03. The average Bonchev–Trinajstić information content (AvgIpc) is 3.36. The lowest BCUT2D eigenvalue weighted by Gasteiger charge is -2.16. The maximum absolute atomic E-state index is 12.4.